The zero-order valence-electron chi connectivity index (χ0n) is 18.0. The highest BCUT2D eigenvalue weighted by molar-refractivity contribution is 5.95. The molecule has 0 bridgehead atoms. The number of nitrogens with zero attached hydrogens (tertiary/aromatic N) is 3. The first-order valence-electron chi connectivity index (χ1n) is 10.6. The first kappa shape index (κ1) is 21.1. The van der Waals surface area contributed by atoms with Crippen LogP contribution in [0.4, 0.5) is 5.69 Å². The fraction of sp³-hybridized carbons (Fsp3) is 0.333. The average Bonchev–Trinajstić information content (AvgIpc) is 3.30. The molecule has 0 aliphatic carbocycles. The molecule has 2 heterocycles. The van der Waals surface area contributed by atoms with Gasteiger partial charge < -0.3 is 20.2 Å². The second kappa shape index (κ2) is 9.32. The van der Waals surface area contributed by atoms with E-state index in [4.69, 9.17) is 5.11 Å². The molecule has 1 aromatic heterocycles. The third-order valence-electron chi connectivity index (χ3n) is 5.70. The smallest absolute Gasteiger partial charge is 0.251 e. The standard InChI is InChI=1S/C24H29N5O2/c1-17(16-30)25-24(31)20-5-3-4-19(14-20)23-15-22(26-27-23)18-6-8-21(9-7-18)29-12-10-28(2)11-13-29/h3-9,14-15,17,30H,10-13,16H2,1-2H3,(H,25,31)(H,26,27). The summed E-state index contributed by atoms with van der Waals surface area (Å²) in [7, 11) is 2.16. The molecular weight excluding hydrogens is 390 g/mol. The van der Waals surface area contributed by atoms with Crippen molar-refractivity contribution in [3.63, 3.8) is 0 Å². The maximum absolute atomic E-state index is 12.3. The molecule has 1 aliphatic rings. The van der Waals surface area contributed by atoms with E-state index in [9.17, 15) is 4.79 Å². The van der Waals surface area contributed by atoms with E-state index in [1.54, 1.807) is 13.0 Å². The second-order valence-electron chi connectivity index (χ2n) is 8.14. The normalized spacial score (nSPS) is 15.6. The van der Waals surface area contributed by atoms with Gasteiger partial charge in [-0.05, 0) is 49.9 Å². The topological polar surface area (TPSA) is 84.5 Å². The lowest BCUT2D eigenvalue weighted by atomic mass is 10.1. The lowest BCUT2D eigenvalue weighted by Gasteiger charge is -2.34. The summed E-state index contributed by atoms with van der Waals surface area (Å²) in [6.07, 6.45) is 0. The minimum atomic E-state index is -0.290. The lowest BCUT2D eigenvalue weighted by Crippen LogP contribution is -2.44. The maximum atomic E-state index is 12.3. The van der Waals surface area contributed by atoms with Gasteiger partial charge in [0.1, 0.15) is 0 Å². The van der Waals surface area contributed by atoms with Crippen molar-refractivity contribution in [2.24, 2.45) is 0 Å². The van der Waals surface area contributed by atoms with Crippen LogP contribution < -0.4 is 10.2 Å². The summed E-state index contributed by atoms with van der Waals surface area (Å²) in [5.41, 5.74) is 5.43. The first-order chi connectivity index (χ1) is 15.0. The van der Waals surface area contributed by atoms with Crippen LogP contribution in [-0.4, -0.2) is 72.0 Å². The van der Waals surface area contributed by atoms with Crippen LogP contribution in [0.1, 0.15) is 17.3 Å². The van der Waals surface area contributed by atoms with Gasteiger partial charge in [0.15, 0.2) is 0 Å². The number of aliphatic hydroxyl groups is 1. The molecule has 1 unspecified atom stereocenters. The monoisotopic (exact) mass is 419 g/mol. The zero-order chi connectivity index (χ0) is 21.8. The quantitative estimate of drug-likeness (QED) is 0.572. The van der Waals surface area contributed by atoms with Crippen LogP contribution in [0.15, 0.2) is 54.6 Å². The van der Waals surface area contributed by atoms with Gasteiger partial charge in [0.2, 0.25) is 0 Å². The Bertz CT molecular complexity index is 1020. The molecule has 7 heteroatoms. The van der Waals surface area contributed by atoms with E-state index in [-0.39, 0.29) is 18.6 Å². The Balaban J connectivity index is 1.48. The fourth-order valence-electron chi connectivity index (χ4n) is 3.71. The summed E-state index contributed by atoms with van der Waals surface area (Å²) in [5, 5.41) is 19.5. The van der Waals surface area contributed by atoms with Crippen LogP contribution in [-0.2, 0) is 0 Å². The highest BCUT2D eigenvalue weighted by Crippen LogP contribution is 2.26. The number of carbonyl (C=O) groups is 1. The molecule has 0 saturated carbocycles. The van der Waals surface area contributed by atoms with Gasteiger partial charge in [-0.15, -0.1) is 0 Å². The Kier molecular flexibility index (Phi) is 6.34. The van der Waals surface area contributed by atoms with E-state index in [1.807, 2.05) is 24.3 Å². The summed E-state index contributed by atoms with van der Waals surface area (Å²) < 4.78 is 0. The lowest BCUT2D eigenvalue weighted by molar-refractivity contribution is 0.0922. The van der Waals surface area contributed by atoms with Crippen LogP contribution in [0.3, 0.4) is 0 Å². The van der Waals surface area contributed by atoms with Crippen LogP contribution in [0.25, 0.3) is 22.5 Å². The number of hydrogen-bond donors (Lipinski definition) is 3. The summed E-state index contributed by atoms with van der Waals surface area (Å²) in [6, 6.07) is 17.6. The molecule has 31 heavy (non-hydrogen) atoms. The molecule has 1 amide bonds. The Morgan fingerprint density at radius 1 is 1.10 bits per heavy atom. The Labute approximate surface area is 182 Å². The molecular formula is C24H29N5O2. The van der Waals surface area contributed by atoms with Crippen molar-refractivity contribution in [2.75, 3.05) is 44.7 Å². The van der Waals surface area contributed by atoms with Crippen molar-refractivity contribution in [1.29, 1.82) is 0 Å². The minimum Gasteiger partial charge on any atom is -0.394 e. The van der Waals surface area contributed by atoms with Gasteiger partial charge >= 0.3 is 0 Å². The SMILES string of the molecule is CC(CO)NC(=O)c1cccc(-c2cc(-c3ccc(N4CCN(C)CC4)cc3)[nH]n2)c1. The number of likely N-dealkylation sites (N-methyl/N-ethyl adjacent to an activating group) is 1. The number of nitrogens with one attached hydrogen (secondary N) is 2. The van der Waals surface area contributed by atoms with Gasteiger partial charge in [-0.3, -0.25) is 9.89 Å². The molecule has 1 saturated heterocycles. The van der Waals surface area contributed by atoms with Crippen LogP contribution in [0, 0.1) is 0 Å². The predicted octanol–water partition coefficient (Wildman–Crippen LogP) is 2.61. The highest BCUT2D eigenvalue weighted by Gasteiger charge is 2.15. The van der Waals surface area contributed by atoms with E-state index in [2.05, 4.69) is 56.6 Å². The Morgan fingerprint density at radius 3 is 2.55 bits per heavy atom. The zero-order valence-corrected chi connectivity index (χ0v) is 18.0. The van der Waals surface area contributed by atoms with Crippen LogP contribution in [0.5, 0.6) is 0 Å². The summed E-state index contributed by atoms with van der Waals surface area (Å²) in [4.78, 5) is 17.1. The predicted molar refractivity (Wildman–Crippen MR) is 123 cm³/mol. The van der Waals surface area contributed by atoms with Crippen molar-refractivity contribution in [1.82, 2.24) is 20.4 Å². The molecule has 0 spiro atoms. The Morgan fingerprint density at radius 2 is 1.84 bits per heavy atom. The van der Waals surface area contributed by atoms with Crippen molar-refractivity contribution < 1.29 is 9.90 Å². The van der Waals surface area contributed by atoms with Crippen molar-refractivity contribution in [3.8, 4) is 22.5 Å². The number of amides is 1. The highest BCUT2D eigenvalue weighted by atomic mass is 16.3. The molecule has 2 aromatic carbocycles. The van der Waals surface area contributed by atoms with Gasteiger partial charge in [0.05, 0.1) is 18.0 Å². The van der Waals surface area contributed by atoms with Crippen LogP contribution in [0.2, 0.25) is 0 Å². The van der Waals surface area contributed by atoms with E-state index in [0.717, 1.165) is 48.7 Å². The summed E-state index contributed by atoms with van der Waals surface area (Å²) in [6.45, 7) is 5.93. The molecule has 4 rings (SSSR count). The minimum absolute atomic E-state index is 0.0955. The number of aromatic amines is 1. The number of aromatic nitrogens is 2. The number of piperazine rings is 1. The van der Waals surface area contributed by atoms with Crippen molar-refractivity contribution in [2.45, 2.75) is 13.0 Å². The fourth-order valence-corrected chi connectivity index (χ4v) is 3.71. The molecule has 1 aliphatic heterocycles. The number of aliphatic hydroxyl groups excluding tert-OH is 1. The number of rotatable bonds is 6. The van der Waals surface area contributed by atoms with Gasteiger partial charge in [-0.2, -0.15) is 5.10 Å². The van der Waals surface area contributed by atoms with E-state index < -0.39 is 0 Å². The molecule has 3 N–H and O–H groups in total. The van der Waals surface area contributed by atoms with E-state index in [1.165, 1.54) is 5.69 Å². The number of carbonyl (C=O) groups excluding carboxylic acids is 1. The van der Waals surface area contributed by atoms with E-state index in [0.29, 0.717) is 5.56 Å². The number of H-pyrrole nitrogens is 1. The number of anilines is 1. The summed E-state index contributed by atoms with van der Waals surface area (Å²) >= 11 is 0. The van der Waals surface area contributed by atoms with Gasteiger partial charge in [-0.25, -0.2) is 0 Å². The van der Waals surface area contributed by atoms with E-state index >= 15 is 0 Å². The average molecular weight is 420 g/mol. The molecule has 3 aromatic rings. The van der Waals surface area contributed by atoms with Gasteiger partial charge in [0.25, 0.3) is 5.91 Å². The van der Waals surface area contributed by atoms with Crippen molar-refractivity contribution in [3.05, 3.63) is 60.2 Å². The summed E-state index contributed by atoms with van der Waals surface area (Å²) in [5.74, 6) is -0.210. The largest absolute Gasteiger partial charge is 0.394 e. The molecule has 162 valence electrons. The maximum Gasteiger partial charge on any atom is 0.251 e. The number of hydrogen-bond acceptors (Lipinski definition) is 5. The molecule has 0 radical (unpaired) electrons. The molecule has 7 nitrogen and oxygen atoms in total. The Hall–Kier alpha value is -3.16. The third-order valence-corrected chi connectivity index (χ3v) is 5.70. The molecule has 1 atom stereocenters. The van der Waals surface area contributed by atoms with Crippen molar-refractivity contribution >= 4 is 11.6 Å². The molecule has 1 fully saturated rings. The second-order valence-corrected chi connectivity index (χ2v) is 8.14. The van der Waals surface area contributed by atoms with Crippen LogP contribution >= 0.6 is 0 Å². The first-order valence-corrected chi connectivity index (χ1v) is 10.6. The van der Waals surface area contributed by atoms with Gasteiger partial charge in [0, 0.05) is 49.0 Å². The third kappa shape index (κ3) is 4.95. The van der Waals surface area contributed by atoms with Gasteiger partial charge in [-0.1, -0.05) is 24.3 Å². The number of benzene rings is 2.